The summed E-state index contributed by atoms with van der Waals surface area (Å²) in [5, 5.41) is 12.1. The number of rotatable bonds is 21. The summed E-state index contributed by atoms with van der Waals surface area (Å²) in [7, 11) is 1.56. The summed E-state index contributed by atoms with van der Waals surface area (Å²) < 4.78 is 42.3. The second-order valence-corrected chi connectivity index (χ2v) is 17.2. The number of hydrogen-bond acceptors (Lipinski definition) is 11. The fourth-order valence-corrected chi connectivity index (χ4v) is 9.58. The van der Waals surface area contributed by atoms with Crippen LogP contribution in [0.15, 0.2) is 120 Å². The summed E-state index contributed by atoms with van der Waals surface area (Å²) in [4.78, 5) is 30.9. The Morgan fingerprint density at radius 2 is 1.49 bits per heavy atom. The lowest BCUT2D eigenvalue weighted by Gasteiger charge is -2.39. The van der Waals surface area contributed by atoms with Gasteiger partial charge in [-0.15, -0.1) is 0 Å². The van der Waals surface area contributed by atoms with Gasteiger partial charge in [0.25, 0.3) is 14.4 Å². The van der Waals surface area contributed by atoms with Crippen LogP contribution in [0.4, 0.5) is 5.82 Å². The highest BCUT2D eigenvalue weighted by Crippen LogP contribution is 2.51. The molecule has 0 spiro atoms. The fourth-order valence-electron chi connectivity index (χ4n) is 7.83. The Hall–Kier alpha value is -5.45. The molecule has 1 amide bonds. The van der Waals surface area contributed by atoms with Gasteiger partial charge in [-0.1, -0.05) is 80.1 Å². The zero-order valence-electron chi connectivity index (χ0n) is 37.1. The Balaban J connectivity index is 1.41. The van der Waals surface area contributed by atoms with E-state index in [2.05, 4.69) is 79.9 Å². The molecule has 5 aromatic rings. The highest BCUT2D eigenvalue weighted by atomic mass is 31.2. The van der Waals surface area contributed by atoms with Crippen LogP contribution < -0.4 is 20.5 Å². The number of aromatic nitrogens is 2. The number of carbonyl (C=O) groups is 1. The van der Waals surface area contributed by atoms with Crippen molar-refractivity contribution in [3.63, 3.8) is 0 Å². The maximum Gasteiger partial charge on any atom is 0.351 e. The van der Waals surface area contributed by atoms with Gasteiger partial charge in [0.2, 0.25) is 0 Å². The molecular formula is C49H58N5O8P. The van der Waals surface area contributed by atoms with E-state index in [-0.39, 0.29) is 49.9 Å². The summed E-state index contributed by atoms with van der Waals surface area (Å²) in [5.41, 5.74) is 2.48. The van der Waals surface area contributed by atoms with E-state index in [9.17, 15) is 14.9 Å². The lowest BCUT2D eigenvalue weighted by molar-refractivity contribution is -0.0925. The maximum atomic E-state index is 13.8. The average Bonchev–Trinajstić information content (AvgIpc) is 3.69. The van der Waals surface area contributed by atoms with Gasteiger partial charge in [-0.05, 0) is 98.8 Å². The molecule has 1 aliphatic rings. The standard InChI is InChI=1S/C49H58N5O8P/c1-8-13-36-16-18-38(19-17-36)49(39-20-24-41(57-6)25-21-39,40-22-26-42(58-7)27-23-40)59-33-44-43(62-63(60-31-12-29-50)54(34(2)3)35(4)5)32-46(61-44)53-30-28-45(52-48(53)56)51-47(55)37-14-10-9-11-15-37/h9-11,14-28,30,34-35,43-44,46H,8,12-13,31-33H2,1-7H3,(H,51,52,55,56)/t43-,44-,46-,63?/m1/s1. The normalized spacial score (nSPS) is 16.9. The Bertz CT molecular complexity index is 2260. The third kappa shape index (κ3) is 11.4. The fraction of sp³-hybridized carbons (Fsp3) is 0.388. The van der Waals surface area contributed by atoms with Crippen LogP contribution in [0.25, 0.3) is 0 Å². The van der Waals surface area contributed by atoms with Crippen LogP contribution in [-0.2, 0) is 30.5 Å². The molecule has 4 atom stereocenters. The Morgan fingerprint density at radius 1 is 0.905 bits per heavy atom. The molecule has 4 aromatic carbocycles. The SMILES string of the molecule is CCCc1ccc(C(OC[C@H]2O[C@@H](n3ccc(NC(=O)c4ccccc4)nc3=O)C[C@H]2OP(OCCC#N)N(C(C)C)C(C)C)(c2ccc(OC)cc2)c2ccc(OC)cc2)cc1. The van der Waals surface area contributed by atoms with Crippen molar-refractivity contribution in [3.05, 3.63) is 154 Å². The predicted molar refractivity (Wildman–Crippen MR) is 244 cm³/mol. The smallest absolute Gasteiger partial charge is 0.351 e. The van der Waals surface area contributed by atoms with Crippen molar-refractivity contribution in [2.24, 2.45) is 0 Å². The zero-order valence-corrected chi connectivity index (χ0v) is 38.0. The van der Waals surface area contributed by atoms with E-state index < -0.39 is 38.3 Å². The van der Waals surface area contributed by atoms with Gasteiger partial charge in [-0.2, -0.15) is 10.2 Å². The van der Waals surface area contributed by atoms with E-state index >= 15 is 0 Å². The predicted octanol–water partition coefficient (Wildman–Crippen LogP) is 9.42. The molecular weight excluding hydrogens is 818 g/mol. The van der Waals surface area contributed by atoms with Gasteiger partial charge in [0.05, 0.1) is 46.0 Å². The quantitative estimate of drug-likeness (QED) is 0.0427. The minimum Gasteiger partial charge on any atom is -0.497 e. The Kier molecular flexibility index (Phi) is 16.6. The summed E-state index contributed by atoms with van der Waals surface area (Å²) in [6, 6.07) is 36.7. The van der Waals surface area contributed by atoms with Crippen molar-refractivity contribution >= 4 is 20.3 Å². The molecule has 13 nitrogen and oxygen atoms in total. The molecule has 1 N–H and O–H groups in total. The number of amides is 1. The molecule has 1 saturated heterocycles. The molecule has 1 unspecified atom stereocenters. The number of ether oxygens (including phenoxy) is 4. The van der Waals surface area contributed by atoms with Gasteiger partial charge >= 0.3 is 5.69 Å². The minimum absolute atomic E-state index is 0.0219. The monoisotopic (exact) mass is 875 g/mol. The molecule has 2 heterocycles. The molecule has 1 aromatic heterocycles. The van der Waals surface area contributed by atoms with Crippen LogP contribution in [0.1, 0.15) is 92.7 Å². The second kappa shape index (κ2) is 22.3. The number of methoxy groups -OCH3 is 2. The van der Waals surface area contributed by atoms with Crippen LogP contribution in [0.2, 0.25) is 0 Å². The first-order chi connectivity index (χ1) is 30.5. The van der Waals surface area contributed by atoms with Crippen molar-refractivity contribution in [1.82, 2.24) is 14.2 Å². The van der Waals surface area contributed by atoms with Crippen molar-refractivity contribution in [3.8, 4) is 17.6 Å². The van der Waals surface area contributed by atoms with E-state index in [0.29, 0.717) is 17.1 Å². The molecule has 332 valence electrons. The number of benzene rings is 4. The number of carbonyl (C=O) groups excluding carboxylic acids is 1. The van der Waals surface area contributed by atoms with Gasteiger partial charge in [-0.3, -0.25) is 9.36 Å². The first-order valence-electron chi connectivity index (χ1n) is 21.4. The number of nitrogens with one attached hydrogen (secondary N) is 1. The molecule has 0 radical (unpaired) electrons. The summed E-state index contributed by atoms with van der Waals surface area (Å²) in [6.07, 6.45) is 1.79. The van der Waals surface area contributed by atoms with Crippen molar-refractivity contribution in [1.29, 1.82) is 5.26 Å². The third-order valence-corrected chi connectivity index (χ3v) is 13.0. The summed E-state index contributed by atoms with van der Waals surface area (Å²) >= 11 is 0. The van der Waals surface area contributed by atoms with E-state index in [1.165, 1.54) is 10.1 Å². The molecule has 14 heteroatoms. The number of anilines is 1. The third-order valence-electron chi connectivity index (χ3n) is 10.8. The molecule has 1 fully saturated rings. The van der Waals surface area contributed by atoms with Crippen LogP contribution in [0, 0.1) is 11.3 Å². The van der Waals surface area contributed by atoms with Gasteiger partial charge in [0.15, 0.2) is 0 Å². The molecule has 0 saturated carbocycles. The van der Waals surface area contributed by atoms with E-state index in [0.717, 1.165) is 29.5 Å². The van der Waals surface area contributed by atoms with Crippen molar-refractivity contribution in [2.75, 3.05) is 32.8 Å². The Labute approximate surface area is 371 Å². The molecule has 0 aliphatic carbocycles. The van der Waals surface area contributed by atoms with Crippen LogP contribution in [0.5, 0.6) is 11.5 Å². The molecule has 0 bridgehead atoms. The maximum absolute atomic E-state index is 13.8. The topological polar surface area (TPSA) is 146 Å². The number of hydrogen-bond donors (Lipinski definition) is 1. The summed E-state index contributed by atoms with van der Waals surface area (Å²) in [5.74, 6) is 1.13. The van der Waals surface area contributed by atoms with E-state index in [1.54, 1.807) is 50.7 Å². The molecule has 6 rings (SSSR count). The number of nitrogens with zero attached hydrogens (tertiary/aromatic N) is 4. The Morgan fingerprint density at radius 3 is 2.02 bits per heavy atom. The lowest BCUT2D eigenvalue weighted by atomic mass is 9.79. The second-order valence-electron chi connectivity index (χ2n) is 15.8. The first-order valence-corrected chi connectivity index (χ1v) is 22.5. The first kappa shape index (κ1) is 47.0. The largest absolute Gasteiger partial charge is 0.497 e. The van der Waals surface area contributed by atoms with Gasteiger partial charge in [-0.25, -0.2) is 9.46 Å². The van der Waals surface area contributed by atoms with Crippen LogP contribution in [-0.4, -0.2) is 71.9 Å². The highest BCUT2D eigenvalue weighted by molar-refractivity contribution is 7.44. The number of nitriles is 1. The van der Waals surface area contributed by atoms with Crippen LogP contribution >= 0.6 is 8.53 Å². The lowest BCUT2D eigenvalue weighted by Crippen LogP contribution is -2.39. The van der Waals surface area contributed by atoms with Gasteiger partial charge in [0, 0.05) is 30.3 Å². The van der Waals surface area contributed by atoms with E-state index in [1.807, 2.05) is 54.6 Å². The summed E-state index contributed by atoms with van der Waals surface area (Å²) in [6.45, 7) is 10.7. The van der Waals surface area contributed by atoms with Crippen molar-refractivity contribution < 1.29 is 32.8 Å². The number of aryl methyl sites for hydroxylation is 1. The van der Waals surface area contributed by atoms with Crippen molar-refractivity contribution in [2.45, 2.75) is 96.4 Å². The van der Waals surface area contributed by atoms with E-state index in [4.69, 9.17) is 28.0 Å². The van der Waals surface area contributed by atoms with Crippen LogP contribution in [0.3, 0.4) is 0 Å². The molecule has 63 heavy (non-hydrogen) atoms. The minimum atomic E-state index is -1.71. The average molecular weight is 876 g/mol. The highest BCUT2D eigenvalue weighted by Gasteiger charge is 2.45. The molecule has 1 aliphatic heterocycles. The zero-order chi connectivity index (χ0) is 44.9. The van der Waals surface area contributed by atoms with Gasteiger partial charge in [0.1, 0.15) is 35.2 Å². The van der Waals surface area contributed by atoms with Gasteiger partial charge < -0.3 is 33.3 Å².